The largest absolute Gasteiger partial charge is 0.208 e. The number of halogens is 1. The van der Waals surface area contributed by atoms with E-state index in [4.69, 9.17) is 0 Å². The highest BCUT2D eigenvalue weighted by Gasteiger charge is 1.84. The Hall–Kier alpha value is -1.37. The SMILES string of the molecule is C=C(F)/C=c1/cccc/c1=C/C. The molecule has 0 aliphatic rings. The zero-order valence-electron chi connectivity index (χ0n) is 7.05. The van der Waals surface area contributed by atoms with Crippen molar-refractivity contribution in [1.29, 1.82) is 0 Å². The summed E-state index contributed by atoms with van der Waals surface area (Å²) >= 11 is 0. The summed E-state index contributed by atoms with van der Waals surface area (Å²) < 4.78 is 12.4. The van der Waals surface area contributed by atoms with Gasteiger partial charge in [-0.15, -0.1) is 0 Å². The maximum Gasteiger partial charge on any atom is 0.116 e. The fraction of sp³-hybridized carbons (Fsp3) is 0.0909. The van der Waals surface area contributed by atoms with Gasteiger partial charge >= 0.3 is 0 Å². The summed E-state index contributed by atoms with van der Waals surface area (Å²) in [6, 6.07) is 7.60. The van der Waals surface area contributed by atoms with Gasteiger partial charge in [0.2, 0.25) is 0 Å². The Morgan fingerprint density at radius 2 is 1.92 bits per heavy atom. The molecule has 12 heavy (non-hydrogen) atoms. The third-order valence-corrected chi connectivity index (χ3v) is 1.62. The molecule has 1 aromatic rings. The van der Waals surface area contributed by atoms with E-state index in [1.165, 1.54) is 6.08 Å². The number of benzene rings is 1. The predicted molar refractivity (Wildman–Crippen MR) is 50.5 cm³/mol. The van der Waals surface area contributed by atoms with Gasteiger partial charge in [-0.2, -0.15) is 0 Å². The van der Waals surface area contributed by atoms with Crippen LogP contribution in [0, 0.1) is 0 Å². The van der Waals surface area contributed by atoms with Gasteiger partial charge in [0.05, 0.1) is 0 Å². The molecule has 0 fully saturated rings. The second-order valence-electron chi connectivity index (χ2n) is 2.51. The summed E-state index contributed by atoms with van der Waals surface area (Å²) in [6.45, 7) is 5.11. The molecule has 0 nitrogen and oxygen atoms in total. The second-order valence-corrected chi connectivity index (χ2v) is 2.51. The highest BCUT2D eigenvalue weighted by atomic mass is 19.1. The third-order valence-electron chi connectivity index (χ3n) is 1.62. The van der Waals surface area contributed by atoms with Gasteiger partial charge in [0.25, 0.3) is 0 Å². The first-order valence-electron chi connectivity index (χ1n) is 3.81. The summed E-state index contributed by atoms with van der Waals surface area (Å²) in [5.74, 6) is -0.413. The Bertz CT molecular complexity index is 388. The number of hydrogen-bond acceptors (Lipinski definition) is 0. The van der Waals surface area contributed by atoms with Crippen LogP contribution in [0.3, 0.4) is 0 Å². The topological polar surface area (TPSA) is 0 Å². The van der Waals surface area contributed by atoms with Crippen LogP contribution < -0.4 is 10.4 Å². The van der Waals surface area contributed by atoms with Crippen LogP contribution in [0.1, 0.15) is 6.92 Å². The lowest BCUT2D eigenvalue weighted by molar-refractivity contribution is 0.684. The molecule has 0 spiro atoms. The van der Waals surface area contributed by atoms with Crippen molar-refractivity contribution in [2.75, 3.05) is 0 Å². The third kappa shape index (κ3) is 2.06. The minimum Gasteiger partial charge on any atom is -0.208 e. The van der Waals surface area contributed by atoms with E-state index in [0.29, 0.717) is 0 Å². The molecule has 0 atom stereocenters. The van der Waals surface area contributed by atoms with Crippen LogP contribution in [0.5, 0.6) is 0 Å². The second kappa shape index (κ2) is 3.86. The van der Waals surface area contributed by atoms with Crippen molar-refractivity contribution >= 4 is 12.2 Å². The standard InChI is InChI=1S/C11H11F/c1-3-10-6-4-5-7-11(10)8-9(2)12/h3-8H,2H2,1H3/b10-3-,11-8-. The molecule has 0 bridgehead atoms. The van der Waals surface area contributed by atoms with E-state index < -0.39 is 5.83 Å². The Labute approximate surface area is 71.4 Å². The van der Waals surface area contributed by atoms with Gasteiger partial charge in [-0.3, -0.25) is 0 Å². The van der Waals surface area contributed by atoms with Crippen molar-refractivity contribution < 1.29 is 4.39 Å². The maximum atomic E-state index is 12.4. The van der Waals surface area contributed by atoms with E-state index in [0.717, 1.165) is 10.4 Å². The van der Waals surface area contributed by atoms with E-state index in [1.54, 1.807) is 0 Å². The van der Waals surface area contributed by atoms with Gasteiger partial charge in [0, 0.05) is 0 Å². The molecule has 0 heterocycles. The Morgan fingerprint density at radius 3 is 2.42 bits per heavy atom. The van der Waals surface area contributed by atoms with Crippen LogP contribution in [0.4, 0.5) is 4.39 Å². The van der Waals surface area contributed by atoms with Gasteiger partial charge < -0.3 is 0 Å². The number of rotatable bonds is 1. The van der Waals surface area contributed by atoms with Gasteiger partial charge in [0.15, 0.2) is 0 Å². The summed E-state index contributed by atoms with van der Waals surface area (Å²) in [7, 11) is 0. The lowest BCUT2D eigenvalue weighted by atomic mass is 10.2. The van der Waals surface area contributed by atoms with Crippen LogP contribution in [-0.4, -0.2) is 0 Å². The summed E-state index contributed by atoms with van der Waals surface area (Å²) in [6.07, 6.45) is 3.37. The molecule has 62 valence electrons. The molecule has 0 saturated carbocycles. The van der Waals surface area contributed by atoms with Crippen LogP contribution in [-0.2, 0) is 0 Å². The molecular weight excluding hydrogens is 151 g/mol. The molecule has 1 aromatic carbocycles. The van der Waals surface area contributed by atoms with E-state index in [1.807, 2.05) is 37.3 Å². The molecule has 0 aliphatic carbocycles. The molecule has 1 rings (SSSR count). The van der Waals surface area contributed by atoms with Crippen LogP contribution in [0.25, 0.3) is 12.2 Å². The number of hydrogen-bond donors (Lipinski definition) is 0. The van der Waals surface area contributed by atoms with E-state index in [2.05, 4.69) is 6.58 Å². The van der Waals surface area contributed by atoms with E-state index >= 15 is 0 Å². The summed E-state index contributed by atoms with van der Waals surface area (Å²) in [5.41, 5.74) is 0. The van der Waals surface area contributed by atoms with Crippen molar-refractivity contribution in [2.45, 2.75) is 6.92 Å². The lowest BCUT2D eigenvalue weighted by Crippen LogP contribution is -2.22. The van der Waals surface area contributed by atoms with Crippen molar-refractivity contribution in [3.8, 4) is 0 Å². The molecular formula is C11H11F. The van der Waals surface area contributed by atoms with Crippen LogP contribution in [0.2, 0.25) is 0 Å². The Balaban J connectivity index is 3.43. The fourth-order valence-electron chi connectivity index (χ4n) is 1.07. The van der Waals surface area contributed by atoms with Crippen molar-refractivity contribution in [3.05, 3.63) is 47.1 Å². The summed E-state index contributed by atoms with van der Waals surface area (Å²) in [5, 5.41) is 1.89. The summed E-state index contributed by atoms with van der Waals surface area (Å²) in [4.78, 5) is 0. The number of allylic oxidation sites excluding steroid dienone is 1. The normalized spacial score (nSPS) is 13.5. The quantitative estimate of drug-likeness (QED) is 0.590. The van der Waals surface area contributed by atoms with Crippen molar-refractivity contribution in [1.82, 2.24) is 0 Å². The monoisotopic (exact) mass is 162 g/mol. The minimum atomic E-state index is -0.413. The smallest absolute Gasteiger partial charge is 0.116 e. The first-order valence-corrected chi connectivity index (χ1v) is 3.81. The molecule has 0 N–H and O–H groups in total. The van der Waals surface area contributed by atoms with E-state index in [9.17, 15) is 4.39 Å². The molecule has 0 amide bonds. The van der Waals surface area contributed by atoms with Crippen LogP contribution >= 0.6 is 0 Å². The zero-order chi connectivity index (χ0) is 8.97. The Morgan fingerprint density at radius 1 is 1.33 bits per heavy atom. The van der Waals surface area contributed by atoms with Gasteiger partial charge in [-0.1, -0.05) is 36.9 Å². The first-order chi connectivity index (χ1) is 5.74. The van der Waals surface area contributed by atoms with Crippen LogP contribution in [0.15, 0.2) is 36.7 Å². The average molecular weight is 162 g/mol. The average Bonchev–Trinajstić information content (AvgIpc) is 2.04. The van der Waals surface area contributed by atoms with Crippen molar-refractivity contribution in [2.24, 2.45) is 0 Å². The first kappa shape index (κ1) is 8.72. The molecule has 0 aromatic heterocycles. The van der Waals surface area contributed by atoms with Crippen molar-refractivity contribution in [3.63, 3.8) is 0 Å². The molecule has 0 unspecified atom stereocenters. The minimum absolute atomic E-state index is 0.413. The molecule has 1 heteroatoms. The molecule has 0 aliphatic heterocycles. The molecule has 0 radical (unpaired) electrons. The Kier molecular flexibility index (Phi) is 2.81. The lowest BCUT2D eigenvalue weighted by Gasteiger charge is -1.87. The fourth-order valence-corrected chi connectivity index (χ4v) is 1.07. The highest BCUT2D eigenvalue weighted by Crippen LogP contribution is 1.89. The predicted octanol–water partition coefficient (Wildman–Crippen LogP) is 1.75. The maximum absolute atomic E-state index is 12.4. The van der Waals surface area contributed by atoms with Gasteiger partial charge in [-0.25, -0.2) is 4.39 Å². The van der Waals surface area contributed by atoms with E-state index in [-0.39, 0.29) is 0 Å². The zero-order valence-corrected chi connectivity index (χ0v) is 7.05. The highest BCUT2D eigenvalue weighted by molar-refractivity contribution is 5.42. The van der Waals surface area contributed by atoms with Gasteiger partial charge in [-0.05, 0) is 23.4 Å². The van der Waals surface area contributed by atoms with Gasteiger partial charge in [0.1, 0.15) is 5.83 Å². The molecule has 0 saturated heterocycles.